The molecule has 140 valence electrons. The van der Waals surface area contributed by atoms with E-state index in [0.29, 0.717) is 17.2 Å². The summed E-state index contributed by atoms with van der Waals surface area (Å²) in [5, 5.41) is 11.6. The van der Waals surface area contributed by atoms with Crippen molar-refractivity contribution in [3.8, 4) is 17.2 Å². The fourth-order valence-electron chi connectivity index (χ4n) is 2.91. The second-order valence-electron chi connectivity index (χ2n) is 6.14. The van der Waals surface area contributed by atoms with E-state index in [1.807, 2.05) is 54.6 Å². The Balaban J connectivity index is 1.73. The summed E-state index contributed by atoms with van der Waals surface area (Å²) >= 11 is 0. The maximum absolute atomic E-state index is 14.5. The quantitative estimate of drug-likeness (QED) is 0.509. The van der Waals surface area contributed by atoms with Gasteiger partial charge in [0.05, 0.1) is 7.11 Å². The van der Waals surface area contributed by atoms with E-state index in [0.717, 1.165) is 11.3 Å². The molecule has 4 aromatic rings. The van der Waals surface area contributed by atoms with Crippen molar-refractivity contribution < 1.29 is 13.5 Å². The molecule has 0 unspecified atom stereocenters. The Hall–Kier alpha value is -3.67. The highest BCUT2D eigenvalue weighted by molar-refractivity contribution is 5.53. The molecule has 28 heavy (non-hydrogen) atoms. The first-order valence-electron chi connectivity index (χ1n) is 8.78. The van der Waals surface area contributed by atoms with E-state index >= 15 is 0 Å². The van der Waals surface area contributed by atoms with Crippen molar-refractivity contribution in [2.24, 2.45) is 0 Å². The molecule has 0 aliphatic heterocycles. The summed E-state index contributed by atoms with van der Waals surface area (Å²) in [4.78, 5) is 0. The summed E-state index contributed by atoms with van der Waals surface area (Å²) in [5.41, 5.74) is 1.95. The van der Waals surface area contributed by atoms with Gasteiger partial charge >= 0.3 is 0 Å². The molecular weight excluding hydrogens is 357 g/mol. The molecule has 0 spiro atoms. The van der Waals surface area contributed by atoms with Crippen molar-refractivity contribution in [1.82, 2.24) is 10.2 Å². The Morgan fingerprint density at radius 1 is 0.929 bits per heavy atom. The third-order valence-electron chi connectivity index (χ3n) is 4.31. The molecule has 0 aliphatic rings. The highest BCUT2D eigenvalue weighted by Gasteiger charge is 2.24. The van der Waals surface area contributed by atoms with Crippen LogP contribution in [0.25, 0.3) is 11.5 Å². The zero-order valence-electron chi connectivity index (χ0n) is 15.2. The van der Waals surface area contributed by atoms with Gasteiger partial charge < -0.3 is 14.5 Å². The van der Waals surface area contributed by atoms with E-state index in [4.69, 9.17) is 9.15 Å². The Kier molecular flexibility index (Phi) is 5.01. The molecule has 3 aromatic carbocycles. The predicted molar refractivity (Wildman–Crippen MR) is 105 cm³/mol. The molecule has 1 N–H and O–H groups in total. The highest BCUT2D eigenvalue weighted by Crippen LogP contribution is 2.30. The van der Waals surface area contributed by atoms with Crippen LogP contribution in [0.3, 0.4) is 0 Å². The summed E-state index contributed by atoms with van der Waals surface area (Å²) in [6.07, 6.45) is 0. The standard InChI is InChI=1S/C22H18FN3O2/c1-27-17-11-7-10-16(14-17)24-20(18-12-5-6-13-19(18)23)22-26-25-21(28-22)15-8-3-2-4-9-15/h2-14,20,24H,1H3/t20-/m0/s1. The molecule has 5 nitrogen and oxygen atoms in total. The summed E-state index contributed by atoms with van der Waals surface area (Å²) in [5.74, 6) is 0.978. The van der Waals surface area contributed by atoms with Crippen LogP contribution < -0.4 is 10.1 Å². The van der Waals surface area contributed by atoms with Gasteiger partial charge in [-0.05, 0) is 30.3 Å². The largest absolute Gasteiger partial charge is 0.497 e. The number of methoxy groups -OCH3 is 1. The van der Waals surface area contributed by atoms with Crippen molar-refractivity contribution in [3.63, 3.8) is 0 Å². The number of benzene rings is 3. The minimum absolute atomic E-state index is 0.270. The molecule has 0 fully saturated rings. The second kappa shape index (κ2) is 7.92. The first kappa shape index (κ1) is 17.7. The van der Waals surface area contributed by atoms with Gasteiger partial charge in [-0.3, -0.25) is 0 Å². The topological polar surface area (TPSA) is 60.2 Å². The Morgan fingerprint density at radius 3 is 2.50 bits per heavy atom. The lowest BCUT2D eigenvalue weighted by Crippen LogP contribution is -2.14. The first-order valence-corrected chi connectivity index (χ1v) is 8.78. The van der Waals surface area contributed by atoms with Gasteiger partial charge in [0.25, 0.3) is 0 Å². The Bertz CT molecular complexity index is 1070. The van der Waals surface area contributed by atoms with Crippen molar-refractivity contribution in [2.45, 2.75) is 6.04 Å². The molecule has 6 heteroatoms. The van der Waals surface area contributed by atoms with Crippen molar-refractivity contribution in [1.29, 1.82) is 0 Å². The van der Waals surface area contributed by atoms with Crippen LogP contribution in [0.4, 0.5) is 10.1 Å². The van der Waals surface area contributed by atoms with Gasteiger partial charge in [0.2, 0.25) is 11.8 Å². The fourth-order valence-corrected chi connectivity index (χ4v) is 2.91. The predicted octanol–water partition coefficient (Wildman–Crippen LogP) is 5.09. The molecule has 4 rings (SSSR count). The van der Waals surface area contributed by atoms with Gasteiger partial charge in [-0.25, -0.2) is 4.39 Å². The number of rotatable bonds is 6. The van der Waals surface area contributed by atoms with Crippen LogP contribution in [0.5, 0.6) is 5.75 Å². The van der Waals surface area contributed by atoms with Gasteiger partial charge in [-0.2, -0.15) is 0 Å². The molecule has 0 saturated carbocycles. The lowest BCUT2D eigenvalue weighted by Gasteiger charge is -2.18. The van der Waals surface area contributed by atoms with Gasteiger partial charge in [0.1, 0.15) is 17.6 Å². The summed E-state index contributed by atoms with van der Waals surface area (Å²) in [7, 11) is 1.59. The minimum Gasteiger partial charge on any atom is -0.497 e. The number of anilines is 1. The monoisotopic (exact) mass is 375 g/mol. The summed E-state index contributed by atoms with van der Waals surface area (Å²) < 4.78 is 25.7. The minimum atomic E-state index is -0.654. The molecule has 1 atom stereocenters. The summed E-state index contributed by atoms with van der Waals surface area (Å²) in [6, 6.07) is 22.7. The maximum atomic E-state index is 14.5. The van der Waals surface area contributed by atoms with Gasteiger partial charge in [0.15, 0.2) is 0 Å². The number of hydrogen-bond acceptors (Lipinski definition) is 5. The number of hydrogen-bond donors (Lipinski definition) is 1. The van der Waals surface area contributed by atoms with Crippen LogP contribution in [0, 0.1) is 5.82 Å². The van der Waals surface area contributed by atoms with E-state index in [9.17, 15) is 4.39 Å². The normalized spacial score (nSPS) is 11.8. The zero-order valence-corrected chi connectivity index (χ0v) is 15.2. The van der Waals surface area contributed by atoms with E-state index in [1.54, 1.807) is 25.3 Å². The van der Waals surface area contributed by atoms with E-state index in [1.165, 1.54) is 6.07 Å². The number of nitrogens with one attached hydrogen (secondary N) is 1. The first-order chi connectivity index (χ1) is 13.7. The molecule has 0 amide bonds. The van der Waals surface area contributed by atoms with Gasteiger partial charge in [-0.15, -0.1) is 10.2 Å². The van der Waals surface area contributed by atoms with Crippen LogP contribution in [-0.2, 0) is 0 Å². The third kappa shape index (κ3) is 3.71. The molecule has 0 saturated heterocycles. The average Bonchev–Trinajstić information content (AvgIpc) is 3.23. The van der Waals surface area contributed by atoms with Crippen LogP contribution in [0.2, 0.25) is 0 Å². The van der Waals surface area contributed by atoms with E-state index in [-0.39, 0.29) is 11.7 Å². The molecule has 0 aliphatic carbocycles. The fraction of sp³-hybridized carbons (Fsp3) is 0.0909. The number of ether oxygens (including phenoxy) is 1. The van der Waals surface area contributed by atoms with E-state index in [2.05, 4.69) is 15.5 Å². The van der Waals surface area contributed by atoms with Crippen LogP contribution in [0.15, 0.2) is 83.3 Å². The number of nitrogens with zero attached hydrogens (tertiary/aromatic N) is 2. The molecule has 0 radical (unpaired) electrons. The third-order valence-corrected chi connectivity index (χ3v) is 4.31. The van der Waals surface area contributed by atoms with Crippen molar-refractivity contribution >= 4 is 5.69 Å². The maximum Gasteiger partial charge on any atom is 0.247 e. The van der Waals surface area contributed by atoms with Crippen LogP contribution >= 0.6 is 0 Å². The number of aromatic nitrogens is 2. The molecule has 1 heterocycles. The lowest BCUT2D eigenvalue weighted by atomic mass is 10.1. The number of halogens is 1. The van der Waals surface area contributed by atoms with Crippen molar-refractivity contribution in [2.75, 3.05) is 12.4 Å². The smallest absolute Gasteiger partial charge is 0.247 e. The Morgan fingerprint density at radius 2 is 1.71 bits per heavy atom. The lowest BCUT2D eigenvalue weighted by molar-refractivity contribution is 0.415. The van der Waals surface area contributed by atoms with Crippen LogP contribution in [-0.4, -0.2) is 17.3 Å². The molecule has 1 aromatic heterocycles. The van der Waals surface area contributed by atoms with Crippen molar-refractivity contribution in [3.05, 3.63) is 96.1 Å². The Labute approximate surface area is 161 Å². The SMILES string of the molecule is COc1cccc(N[C@H](c2nnc(-c3ccccc3)o2)c2ccccc2F)c1. The van der Waals surface area contributed by atoms with Gasteiger partial charge in [-0.1, -0.05) is 42.5 Å². The van der Waals surface area contributed by atoms with Gasteiger partial charge in [0, 0.05) is 22.9 Å². The zero-order chi connectivity index (χ0) is 19.3. The summed E-state index contributed by atoms with van der Waals surface area (Å²) in [6.45, 7) is 0. The highest BCUT2D eigenvalue weighted by atomic mass is 19.1. The van der Waals surface area contributed by atoms with E-state index < -0.39 is 6.04 Å². The molecular formula is C22H18FN3O2. The average molecular weight is 375 g/mol. The van der Waals surface area contributed by atoms with Crippen LogP contribution in [0.1, 0.15) is 17.5 Å². The second-order valence-corrected chi connectivity index (χ2v) is 6.14. The molecule has 0 bridgehead atoms.